The Labute approximate surface area is 176 Å². The molecule has 0 atom stereocenters. The molecule has 0 spiro atoms. The van der Waals surface area contributed by atoms with Crippen molar-refractivity contribution in [3.05, 3.63) is 90.0 Å². The van der Waals surface area contributed by atoms with Gasteiger partial charge in [-0.2, -0.15) is 0 Å². The zero-order chi connectivity index (χ0) is 20.6. The summed E-state index contributed by atoms with van der Waals surface area (Å²) in [4.78, 5) is 9.74. The zero-order valence-corrected chi connectivity index (χ0v) is 18.7. The maximum Gasteiger partial charge on any atom is 0.0691 e. The molecule has 0 aromatic heterocycles. The monoisotopic (exact) mass is 400 g/mol. The first-order valence-electron chi connectivity index (χ1n) is 10.1. The van der Waals surface area contributed by atoms with Crippen LogP contribution >= 0.6 is 7.92 Å². The van der Waals surface area contributed by atoms with E-state index in [0.717, 1.165) is 29.8 Å². The van der Waals surface area contributed by atoms with Crippen LogP contribution < -0.4 is 10.6 Å². The number of hydrogen-bond acceptors (Lipinski definition) is 2. The smallest absolute Gasteiger partial charge is 0.0691 e. The predicted molar refractivity (Wildman–Crippen MR) is 131 cm³/mol. The molecule has 0 bridgehead atoms. The zero-order valence-electron chi connectivity index (χ0n) is 17.8. The van der Waals surface area contributed by atoms with E-state index in [9.17, 15) is 0 Å². The third-order valence-electron chi connectivity index (χ3n) is 5.05. The Kier molecular flexibility index (Phi) is 7.49. The van der Waals surface area contributed by atoms with Crippen LogP contribution in [0.1, 0.15) is 25.0 Å². The summed E-state index contributed by atoms with van der Waals surface area (Å²) >= 11 is 0. The van der Waals surface area contributed by atoms with Crippen LogP contribution in [0.3, 0.4) is 0 Å². The first-order valence-corrected chi connectivity index (χ1v) is 11.6. The Balaban J connectivity index is 1.76. The van der Waals surface area contributed by atoms with Crippen molar-refractivity contribution >= 4 is 35.6 Å². The van der Waals surface area contributed by atoms with Gasteiger partial charge in [0, 0.05) is 6.54 Å². The molecular formula is C26H29N2P. The van der Waals surface area contributed by atoms with Gasteiger partial charge in [-0.05, 0) is 63.5 Å². The van der Waals surface area contributed by atoms with E-state index in [-0.39, 0.29) is 0 Å². The highest BCUT2D eigenvalue weighted by Gasteiger charge is 2.13. The van der Waals surface area contributed by atoms with Gasteiger partial charge in [0.25, 0.3) is 0 Å². The lowest BCUT2D eigenvalue weighted by atomic mass is 10.1. The number of aryl methyl sites for hydroxylation is 2. The molecule has 0 amide bonds. The summed E-state index contributed by atoms with van der Waals surface area (Å²) < 4.78 is 0. The largest absolute Gasteiger partial charge is 0.288 e. The fourth-order valence-corrected chi connectivity index (χ4v) is 5.46. The fourth-order valence-electron chi connectivity index (χ4n) is 3.29. The average Bonchev–Trinajstić information content (AvgIpc) is 2.75. The van der Waals surface area contributed by atoms with E-state index in [4.69, 9.17) is 9.98 Å². The Hall–Kier alpha value is -2.57. The minimum atomic E-state index is -0.406. The molecule has 0 N–H and O–H groups in total. The summed E-state index contributed by atoms with van der Waals surface area (Å²) in [5.74, 6) is 0. The minimum Gasteiger partial charge on any atom is -0.288 e. The quantitative estimate of drug-likeness (QED) is 0.344. The summed E-state index contributed by atoms with van der Waals surface area (Å²) in [5.41, 5.74) is 5.48. The SMILES string of the molecule is CC(=NCCP(c1ccccc1)c1ccccc1)C(C)=Nc1c(C)cccc1C. The number of para-hydroxylation sites is 1. The molecule has 0 heterocycles. The van der Waals surface area contributed by atoms with Gasteiger partial charge in [0.15, 0.2) is 0 Å². The lowest BCUT2D eigenvalue weighted by molar-refractivity contribution is 1.14. The maximum atomic E-state index is 4.87. The second kappa shape index (κ2) is 10.3. The number of hydrogen-bond donors (Lipinski definition) is 0. The summed E-state index contributed by atoms with van der Waals surface area (Å²) in [6.07, 6.45) is 1.04. The molecule has 0 fully saturated rings. The Bertz CT molecular complexity index is 932. The molecule has 0 saturated heterocycles. The van der Waals surface area contributed by atoms with Gasteiger partial charge in [-0.1, -0.05) is 78.9 Å². The number of nitrogens with zero attached hydrogens (tertiary/aromatic N) is 2. The van der Waals surface area contributed by atoms with E-state index in [1.165, 1.54) is 21.7 Å². The molecule has 0 aliphatic heterocycles. The van der Waals surface area contributed by atoms with Crippen LogP contribution in [-0.2, 0) is 0 Å². The summed E-state index contributed by atoms with van der Waals surface area (Å²) in [6, 6.07) is 27.9. The van der Waals surface area contributed by atoms with Crippen molar-refractivity contribution < 1.29 is 0 Å². The second-order valence-corrected chi connectivity index (χ2v) is 9.56. The van der Waals surface area contributed by atoms with Crippen LogP contribution in [0.5, 0.6) is 0 Å². The van der Waals surface area contributed by atoms with Crippen molar-refractivity contribution in [2.24, 2.45) is 9.98 Å². The van der Waals surface area contributed by atoms with Gasteiger partial charge in [-0.25, -0.2) is 0 Å². The van der Waals surface area contributed by atoms with Crippen LogP contribution in [0.15, 0.2) is 88.8 Å². The van der Waals surface area contributed by atoms with E-state index in [1.54, 1.807) is 0 Å². The van der Waals surface area contributed by atoms with Crippen molar-refractivity contribution in [2.75, 3.05) is 12.7 Å². The van der Waals surface area contributed by atoms with Crippen LogP contribution in [0.25, 0.3) is 0 Å². The third-order valence-corrected chi connectivity index (χ3v) is 7.54. The predicted octanol–water partition coefficient (Wildman–Crippen LogP) is 5.99. The molecule has 2 nitrogen and oxygen atoms in total. The molecule has 0 saturated carbocycles. The molecule has 29 heavy (non-hydrogen) atoms. The van der Waals surface area contributed by atoms with E-state index >= 15 is 0 Å². The molecule has 3 rings (SSSR count). The first kappa shape index (κ1) is 21.1. The summed E-state index contributed by atoms with van der Waals surface area (Å²) in [6.45, 7) is 9.15. The van der Waals surface area contributed by atoms with Crippen LogP contribution in [0, 0.1) is 13.8 Å². The highest BCUT2D eigenvalue weighted by Crippen LogP contribution is 2.33. The summed E-state index contributed by atoms with van der Waals surface area (Å²) in [7, 11) is -0.406. The van der Waals surface area contributed by atoms with Crippen LogP contribution in [0.4, 0.5) is 5.69 Å². The molecule has 3 aromatic carbocycles. The molecule has 0 aliphatic rings. The van der Waals surface area contributed by atoms with E-state index in [1.807, 2.05) is 0 Å². The highest BCUT2D eigenvalue weighted by molar-refractivity contribution is 7.73. The van der Waals surface area contributed by atoms with Crippen LogP contribution in [0.2, 0.25) is 0 Å². The Morgan fingerprint density at radius 1 is 0.690 bits per heavy atom. The molecular weight excluding hydrogens is 371 g/mol. The van der Waals surface area contributed by atoms with Gasteiger partial charge in [-0.15, -0.1) is 0 Å². The van der Waals surface area contributed by atoms with E-state index in [2.05, 4.69) is 107 Å². The van der Waals surface area contributed by atoms with Crippen LogP contribution in [-0.4, -0.2) is 24.1 Å². The maximum absolute atomic E-state index is 4.87. The molecule has 0 radical (unpaired) electrons. The third kappa shape index (κ3) is 5.71. The Morgan fingerprint density at radius 2 is 1.21 bits per heavy atom. The molecule has 148 valence electrons. The molecule has 3 aromatic rings. The lowest BCUT2D eigenvalue weighted by Crippen LogP contribution is -2.16. The van der Waals surface area contributed by atoms with E-state index < -0.39 is 7.92 Å². The van der Waals surface area contributed by atoms with Crippen molar-refractivity contribution in [2.45, 2.75) is 27.7 Å². The topological polar surface area (TPSA) is 24.7 Å². The minimum absolute atomic E-state index is 0.406. The van der Waals surface area contributed by atoms with Crippen molar-refractivity contribution in [1.82, 2.24) is 0 Å². The van der Waals surface area contributed by atoms with Gasteiger partial charge < -0.3 is 0 Å². The van der Waals surface area contributed by atoms with Gasteiger partial charge in [0.05, 0.1) is 17.1 Å². The van der Waals surface area contributed by atoms with Gasteiger partial charge in [0.1, 0.15) is 0 Å². The average molecular weight is 401 g/mol. The first-order chi connectivity index (χ1) is 14.1. The molecule has 3 heteroatoms. The number of benzene rings is 3. The van der Waals surface area contributed by atoms with E-state index in [0.29, 0.717) is 0 Å². The summed E-state index contributed by atoms with van der Waals surface area (Å²) in [5, 5.41) is 2.81. The van der Waals surface area contributed by atoms with Crippen molar-refractivity contribution in [3.8, 4) is 0 Å². The number of rotatable bonds is 7. The Morgan fingerprint density at radius 3 is 1.72 bits per heavy atom. The van der Waals surface area contributed by atoms with Crippen molar-refractivity contribution in [3.63, 3.8) is 0 Å². The number of aliphatic imine (C=N–C) groups is 2. The fraction of sp³-hybridized carbons (Fsp3) is 0.231. The molecule has 0 aliphatic carbocycles. The lowest BCUT2D eigenvalue weighted by Gasteiger charge is -2.18. The standard InChI is InChI=1S/C26H29N2P/c1-20-12-11-13-21(2)26(20)28-23(4)22(3)27-18-19-29(24-14-7-5-8-15-24)25-16-9-6-10-17-25/h5-17H,18-19H2,1-4H3. The van der Waals surface area contributed by atoms with Gasteiger partial charge >= 0.3 is 0 Å². The second-order valence-electron chi connectivity index (χ2n) is 7.23. The van der Waals surface area contributed by atoms with Gasteiger partial charge in [-0.3, -0.25) is 9.98 Å². The highest BCUT2D eigenvalue weighted by atomic mass is 31.1. The normalized spacial score (nSPS) is 12.4. The van der Waals surface area contributed by atoms with Crippen molar-refractivity contribution in [1.29, 1.82) is 0 Å². The van der Waals surface area contributed by atoms with Gasteiger partial charge in [0.2, 0.25) is 0 Å². The molecule has 0 unspecified atom stereocenters.